The zero-order valence-electron chi connectivity index (χ0n) is 49.7. The highest BCUT2D eigenvalue weighted by atomic mass is 16.6. The van der Waals surface area contributed by atoms with Crippen molar-refractivity contribution in [1.82, 2.24) is 0 Å². The summed E-state index contributed by atoms with van der Waals surface area (Å²) in [5, 5.41) is 0. The molecule has 0 aromatic carbocycles. The van der Waals surface area contributed by atoms with Gasteiger partial charge in [0.15, 0.2) is 6.10 Å². The van der Waals surface area contributed by atoms with Crippen LogP contribution in [0.1, 0.15) is 380 Å². The summed E-state index contributed by atoms with van der Waals surface area (Å²) in [5.41, 5.74) is 0. The average molecular weight is 1030 g/mol. The van der Waals surface area contributed by atoms with Crippen LogP contribution < -0.4 is 0 Å². The molecule has 0 amide bonds. The van der Waals surface area contributed by atoms with Gasteiger partial charge in [0.2, 0.25) is 0 Å². The fourth-order valence-corrected chi connectivity index (χ4v) is 10.3. The average Bonchev–Trinajstić information content (AvgIpc) is 3.39. The van der Waals surface area contributed by atoms with Crippen LogP contribution >= 0.6 is 0 Å². The molecule has 0 bridgehead atoms. The Hall–Kier alpha value is -1.85. The van der Waals surface area contributed by atoms with Crippen LogP contribution in [0.5, 0.6) is 0 Å². The van der Waals surface area contributed by atoms with E-state index in [4.69, 9.17) is 14.2 Å². The van der Waals surface area contributed by atoms with Crippen molar-refractivity contribution in [1.29, 1.82) is 0 Å². The monoisotopic (exact) mass is 1030 g/mol. The molecule has 1 atom stereocenters. The van der Waals surface area contributed by atoms with E-state index in [2.05, 4.69) is 32.9 Å². The number of carbonyl (C=O) groups is 3. The number of allylic oxidation sites excluding steroid dienone is 2. The van der Waals surface area contributed by atoms with Crippen molar-refractivity contribution in [3.8, 4) is 0 Å². The lowest BCUT2D eigenvalue weighted by atomic mass is 10.0. The molecule has 0 aliphatic heterocycles. The molecule has 0 aromatic heterocycles. The van der Waals surface area contributed by atoms with Gasteiger partial charge in [-0.15, -0.1) is 0 Å². The molecule has 0 aliphatic carbocycles. The second kappa shape index (κ2) is 62.7. The molecule has 0 spiro atoms. The highest BCUT2D eigenvalue weighted by Gasteiger charge is 2.19. The molecule has 0 heterocycles. The molecule has 0 saturated carbocycles. The second-order valence-electron chi connectivity index (χ2n) is 22.7. The largest absolute Gasteiger partial charge is 0.462 e. The zero-order valence-corrected chi connectivity index (χ0v) is 49.7. The minimum Gasteiger partial charge on any atom is -0.462 e. The number of esters is 3. The number of hydrogen-bond acceptors (Lipinski definition) is 6. The van der Waals surface area contributed by atoms with Crippen molar-refractivity contribution in [2.75, 3.05) is 13.2 Å². The van der Waals surface area contributed by atoms with Gasteiger partial charge in [0.25, 0.3) is 0 Å². The second-order valence-corrected chi connectivity index (χ2v) is 22.7. The van der Waals surface area contributed by atoms with E-state index in [-0.39, 0.29) is 31.1 Å². The lowest BCUT2D eigenvalue weighted by molar-refractivity contribution is -0.167. The van der Waals surface area contributed by atoms with Crippen LogP contribution in [0, 0.1) is 0 Å². The third-order valence-corrected chi connectivity index (χ3v) is 15.3. The first kappa shape index (κ1) is 71.2. The Morgan fingerprint density at radius 3 is 0.685 bits per heavy atom. The fraction of sp³-hybridized carbons (Fsp3) is 0.925. The highest BCUT2D eigenvalue weighted by molar-refractivity contribution is 5.71. The van der Waals surface area contributed by atoms with E-state index in [1.165, 1.54) is 283 Å². The maximum Gasteiger partial charge on any atom is 0.306 e. The SMILES string of the molecule is CCCCCCCCCC/C=C\CCCCCCCCCC(=O)OC[C@@H](COC(=O)CCCCCCCCCCCCCCCCCCC)OC(=O)CCCCCCCCCCCCCCCCCCCCC. The molecular formula is C67H128O6. The smallest absolute Gasteiger partial charge is 0.306 e. The number of rotatable bonds is 62. The molecule has 73 heavy (non-hydrogen) atoms. The number of ether oxygens (including phenoxy) is 3. The van der Waals surface area contributed by atoms with Gasteiger partial charge >= 0.3 is 17.9 Å². The summed E-state index contributed by atoms with van der Waals surface area (Å²) in [7, 11) is 0. The third-order valence-electron chi connectivity index (χ3n) is 15.3. The maximum atomic E-state index is 12.9. The van der Waals surface area contributed by atoms with Gasteiger partial charge in [-0.2, -0.15) is 0 Å². The van der Waals surface area contributed by atoms with Gasteiger partial charge in [-0.25, -0.2) is 0 Å². The van der Waals surface area contributed by atoms with Crippen molar-refractivity contribution in [2.45, 2.75) is 386 Å². The van der Waals surface area contributed by atoms with Gasteiger partial charge in [-0.05, 0) is 44.9 Å². The fourth-order valence-electron chi connectivity index (χ4n) is 10.3. The van der Waals surface area contributed by atoms with Crippen molar-refractivity contribution < 1.29 is 28.6 Å². The molecule has 0 N–H and O–H groups in total. The van der Waals surface area contributed by atoms with E-state index < -0.39 is 6.10 Å². The van der Waals surface area contributed by atoms with Gasteiger partial charge in [0.1, 0.15) is 13.2 Å². The van der Waals surface area contributed by atoms with Crippen LogP contribution in [0.25, 0.3) is 0 Å². The Morgan fingerprint density at radius 2 is 0.452 bits per heavy atom. The Bertz CT molecular complexity index is 1130. The lowest BCUT2D eigenvalue weighted by Gasteiger charge is -2.18. The first-order valence-corrected chi connectivity index (χ1v) is 33.2. The minimum absolute atomic E-state index is 0.0644. The van der Waals surface area contributed by atoms with Crippen LogP contribution in [0.2, 0.25) is 0 Å². The van der Waals surface area contributed by atoms with E-state index in [1.807, 2.05) is 0 Å². The topological polar surface area (TPSA) is 78.9 Å². The van der Waals surface area contributed by atoms with Crippen LogP contribution in [0.15, 0.2) is 12.2 Å². The molecule has 0 aliphatic rings. The summed E-state index contributed by atoms with van der Waals surface area (Å²) >= 11 is 0. The quantitative estimate of drug-likeness (QED) is 0.0261. The first-order valence-electron chi connectivity index (χ1n) is 33.2. The first-order chi connectivity index (χ1) is 36.0. The van der Waals surface area contributed by atoms with Crippen LogP contribution in [-0.2, 0) is 28.6 Å². The molecule has 0 radical (unpaired) electrons. The molecular weight excluding hydrogens is 901 g/mol. The summed E-state index contributed by atoms with van der Waals surface area (Å²) in [6.07, 6.45) is 73.6. The van der Waals surface area contributed by atoms with Gasteiger partial charge in [0, 0.05) is 19.3 Å². The summed E-state index contributed by atoms with van der Waals surface area (Å²) in [4.78, 5) is 38.4. The third kappa shape index (κ3) is 60.9. The number of hydrogen-bond donors (Lipinski definition) is 0. The van der Waals surface area contributed by atoms with E-state index >= 15 is 0 Å². The Morgan fingerprint density at radius 1 is 0.260 bits per heavy atom. The predicted octanol–water partition coefficient (Wildman–Crippen LogP) is 22.4. The van der Waals surface area contributed by atoms with Gasteiger partial charge in [-0.1, -0.05) is 328 Å². The summed E-state index contributed by atoms with van der Waals surface area (Å²) in [6, 6.07) is 0. The standard InChI is InChI=1S/C67H128O6/c1-4-7-10-13-16-19-22-25-28-31-33-36-39-42-45-48-51-54-57-60-66(69)72-63-64(62-71-65(68)59-56-53-50-47-44-41-38-35-30-27-24-21-18-15-12-9-6-3)73-67(70)61-58-55-52-49-46-43-40-37-34-32-29-26-23-20-17-14-11-8-5-2/h31,33,64H,4-30,32,34-63H2,1-3H3/b33-31-/t64-/m1/s1. The van der Waals surface area contributed by atoms with Crippen molar-refractivity contribution in [3.05, 3.63) is 12.2 Å². The molecule has 0 rings (SSSR count). The maximum absolute atomic E-state index is 12.9. The summed E-state index contributed by atoms with van der Waals surface area (Å²) in [6.45, 7) is 6.72. The molecule has 432 valence electrons. The molecule has 0 aromatic rings. The molecule has 0 fully saturated rings. The summed E-state index contributed by atoms with van der Waals surface area (Å²) in [5.74, 6) is -0.835. The van der Waals surface area contributed by atoms with E-state index in [0.717, 1.165) is 57.8 Å². The van der Waals surface area contributed by atoms with Gasteiger partial charge in [-0.3, -0.25) is 14.4 Å². The number of unbranched alkanes of at least 4 members (excludes halogenated alkanes) is 49. The van der Waals surface area contributed by atoms with E-state index in [1.54, 1.807) is 0 Å². The van der Waals surface area contributed by atoms with Crippen molar-refractivity contribution in [2.24, 2.45) is 0 Å². The van der Waals surface area contributed by atoms with Gasteiger partial charge in [0.05, 0.1) is 0 Å². The molecule has 0 unspecified atom stereocenters. The van der Waals surface area contributed by atoms with Crippen LogP contribution in [0.3, 0.4) is 0 Å². The van der Waals surface area contributed by atoms with Crippen molar-refractivity contribution >= 4 is 17.9 Å². The van der Waals surface area contributed by atoms with Crippen molar-refractivity contribution in [3.63, 3.8) is 0 Å². The lowest BCUT2D eigenvalue weighted by Crippen LogP contribution is -2.30. The Balaban J connectivity index is 4.30. The molecule has 6 nitrogen and oxygen atoms in total. The zero-order chi connectivity index (χ0) is 52.9. The highest BCUT2D eigenvalue weighted by Crippen LogP contribution is 2.18. The molecule has 0 saturated heterocycles. The van der Waals surface area contributed by atoms with Crippen LogP contribution in [0.4, 0.5) is 0 Å². The Labute approximate surface area is 456 Å². The summed E-state index contributed by atoms with van der Waals surface area (Å²) < 4.78 is 17.0. The predicted molar refractivity (Wildman–Crippen MR) is 317 cm³/mol. The van der Waals surface area contributed by atoms with E-state index in [0.29, 0.717) is 19.3 Å². The van der Waals surface area contributed by atoms with Gasteiger partial charge < -0.3 is 14.2 Å². The Kier molecular flexibility index (Phi) is 61.1. The number of carbonyl (C=O) groups excluding carboxylic acids is 3. The minimum atomic E-state index is -0.767. The van der Waals surface area contributed by atoms with Crippen LogP contribution in [-0.4, -0.2) is 37.2 Å². The molecule has 6 heteroatoms. The van der Waals surface area contributed by atoms with E-state index in [9.17, 15) is 14.4 Å². The normalized spacial score (nSPS) is 12.0.